The van der Waals surface area contributed by atoms with E-state index in [9.17, 15) is 4.79 Å². The molecule has 0 aliphatic rings. The predicted octanol–water partition coefficient (Wildman–Crippen LogP) is 5.42. The Morgan fingerprint density at radius 2 is 1.94 bits per heavy atom. The van der Waals surface area contributed by atoms with Crippen molar-refractivity contribution in [3.63, 3.8) is 0 Å². The molecule has 0 spiro atoms. The SMILES string of the molecule is Cc1ccc(Cn2cc(Br)c(NC(=O)Cn3nc(C)c4c(-c5cccs5)ccnc43)n2)cc1. The Balaban J connectivity index is 1.34. The van der Waals surface area contributed by atoms with Gasteiger partial charge in [0.2, 0.25) is 5.91 Å². The number of hydrogen-bond donors (Lipinski definition) is 1. The maximum Gasteiger partial charge on any atom is 0.247 e. The van der Waals surface area contributed by atoms with Crippen LogP contribution in [0.15, 0.2) is 64.7 Å². The lowest BCUT2D eigenvalue weighted by Gasteiger charge is -2.05. The van der Waals surface area contributed by atoms with Crippen LogP contribution in [0.2, 0.25) is 0 Å². The van der Waals surface area contributed by atoms with Crippen LogP contribution in [0.3, 0.4) is 0 Å². The number of anilines is 1. The van der Waals surface area contributed by atoms with E-state index in [-0.39, 0.29) is 12.5 Å². The second kappa shape index (κ2) is 8.92. The van der Waals surface area contributed by atoms with Crippen LogP contribution in [0.4, 0.5) is 5.82 Å². The van der Waals surface area contributed by atoms with E-state index in [0.717, 1.165) is 31.6 Å². The molecular weight excluding hydrogens is 500 g/mol. The lowest BCUT2D eigenvalue weighted by atomic mass is 10.1. The molecular formula is C24H21BrN6OS. The molecule has 5 rings (SSSR count). The fourth-order valence-corrected chi connectivity index (χ4v) is 4.95. The summed E-state index contributed by atoms with van der Waals surface area (Å²) in [4.78, 5) is 18.5. The normalized spacial score (nSPS) is 11.2. The molecule has 0 atom stereocenters. The van der Waals surface area contributed by atoms with Crippen LogP contribution in [-0.4, -0.2) is 30.5 Å². The topological polar surface area (TPSA) is 77.6 Å². The van der Waals surface area contributed by atoms with Gasteiger partial charge < -0.3 is 5.32 Å². The zero-order chi connectivity index (χ0) is 22.9. The van der Waals surface area contributed by atoms with Gasteiger partial charge in [-0.05, 0) is 52.9 Å². The molecule has 0 saturated heterocycles. The van der Waals surface area contributed by atoms with Crippen LogP contribution in [0.25, 0.3) is 21.5 Å². The molecule has 1 aromatic carbocycles. The number of carbonyl (C=O) groups is 1. The van der Waals surface area contributed by atoms with Crippen molar-refractivity contribution in [2.45, 2.75) is 26.9 Å². The van der Waals surface area contributed by atoms with E-state index in [1.807, 2.05) is 30.6 Å². The van der Waals surface area contributed by atoms with Crippen LogP contribution in [0.5, 0.6) is 0 Å². The molecule has 0 aliphatic heterocycles. The fourth-order valence-electron chi connectivity index (χ4n) is 3.78. The molecule has 0 unspecified atom stereocenters. The molecule has 1 amide bonds. The van der Waals surface area contributed by atoms with Gasteiger partial charge in [-0.1, -0.05) is 35.9 Å². The van der Waals surface area contributed by atoms with E-state index in [2.05, 4.69) is 73.7 Å². The highest BCUT2D eigenvalue weighted by Crippen LogP contribution is 2.32. The van der Waals surface area contributed by atoms with Crippen molar-refractivity contribution in [3.8, 4) is 10.4 Å². The molecule has 9 heteroatoms. The monoisotopic (exact) mass is 520 g/mol. The summed E-state index contributed by atoms with van der Waals surface area (Å²) in [6, 6.07) is 14.4. The van der Waals surface area contributed by atoms with Crippen LogP contribution < -0.4 is 5.32 Å². The summed E-state index contributed by atoms with van der Waals surface area (Å²) >= 11 is 5.17. The molecule has 166 valence electrons. The first kappa shape index (κ1) is 21.5. The molecule has 4 aromatic heterocycles. The second-order valence-corrected chi connectivity index (χ2v) is 9.64. The number of aromatic nitrogens is 5. The zero-order valence-corrected chi connectivity index (χ0v) is 20.5. The summed E-state index contributed by atoms with van der Waals surface area (Å²) in [6.07, 6.45) is 3.62. The van der Waals surface area contributed by atoms with E-state index >= 15 is 0 Å². The molecule has 7 nitrogen and oxygen atoms in total. The van der Waals surface area contributed by atoms with Gasteiger partial charge in [0.25, 0.3) is 0 Å². The molecule has 1 N–H and O–H groups in total. The minimum absolute atomic E-state index is 0.0441. The number of hydrogen-bond acceptors (Lipinski definition) is 5. The molecule has 0 saturated carbocycles. The van der Waals surface area contributed by atoms with Crippen LogP contribution in [0, 0.1) is 13.8 Å². The number of fused-ring (bicyclic) bond motifs is 1. The first-order chi connectivity index (χ1) is 16.0. The predicted molar refractivity (Wildman–Crippen MR) is 134 cm³/mol. The van der Waals surface area contributed by atoms with Gasteiger partial charge in [-0.15, -0.1) is 11.3 Å². The quantitative estimate of drug-likeness (QED) is 0.324. The summed E-state index contributed by atoms with van der Waals surface area (Å²) in [7, 11) is 0. The molecule has 5 aromatic rings. The highest BCUT2D eigenvalue weighted by atomic mass is 79.9. The number of nitrogens with zero attached hydrogens (tertiary/aromatic N) is 5. The molecule has 0 radical (unpaired) electrons. The number of nitrogens with one attached hydrogen (secondary N) is 1. The Hall–Kier alpha value is -3.30. The van der Waals surface area contributed by atoms with Gasteiger partial charge in [-0.25, -0.2) is 9.67 Å². The Morgan fingerprint density at radius 3 is 2.70 bits per heavy atom. The number of rotatable bonds is 6. The van der Waals surface area contributed by atoms with Crippen molar-refractivity contribution >= 4 is 50.0 Å². The van der Waals surface area contributed by atoms with Crippen molar-refractivity contribution in [2.75, 3.05) is 5.32 Å². The van der Waals surface area contributed by atoms with E-state index in [1.54, 1.807) is 26.9 Å². The first-order valence-electron chi connectivity index (χ1n) is 10.4. The molecule has 0 fully saturated rings. The average Bonchev–Trinajstić information content (AvgIpc) is 3.51. The maximum atomic E-state index is 12.8. The summed E-state index contributed by atoms with van der Waals surface area (Å²) in [5.41, 5.74) is 4.97. The van der Waals surface area contributed by atoms with E-state index in [4.69, 9.17) is 0 Å². The van der Waals surface area contributed by atoms with Gasteiger partial charge in [-0.2, -0.15) is 10.2 Å². The Kier molecular flexibility index (Phi) is 5.82. The van der Waals surface area contributed by atoms with Gasteiger partial charge in [0, 0.05) is 22.8 Å². The third-order valence-electron chi connectivity index (χ3n) is 5.33. The number of aryl methyl sites for hydroxylation is 2. The van der Waals surface area contributed by atoms with Crippen molar-refractivity contribution in [2.24, 2.45) is 0 Å². The second-order valence-electron chi connectivity index (χ2n) is 7.83. The molecule has 4 heterocycles. The van der Waals surface area contributed by atoms with Crippen molar-refractivity contribution in [3.05, 3.63) is 81.5 Å². The van der Waals surface area contributed by atoms with Crippen molar-refractivity contribution in [1.29, 1.82) is 0 Å². The van der Waals surface area contributed by atoms with Gasteiger partial charge >= 0.3 is 0 Å². The standard InChI is InChI=1S/C24H21BrN6OS/c1-15-5-7-17(8-6-15)12-30-13-19(25)23(29-30)27-21(32)14-31-24-22(16(2)28-31)18(9-10-26-24)20-4-3-11-33-20/h3-11,13H,12,14H2,1-2H3,(H,27,29,32). The smallest absolute Gasteiger partial charge is 0.247 e. The van der Waals surface area contributed by atoms with E-state index < -0.39 is 0 Å². The number of halogens is 1. The molecule has 33 heavy (non-hydrogen) atoms. The maximum absolute atomic E-state index is 12.8. The van der Waals surface area contributed by atoms with Gasteiger partial charge in [0.05, 0.1) is 22.1 Å². The minimum Gasteiger partial charge on any atom is -0.307 e. The largest absolute Gasteiger partial charge is 0.307 e. The molecule has 0 bridgehead atoms. The Morgan fingerprint density at radius 1 is 1.12 bits per heavy atom. The number of benzene rings is 1. The van der Waals surface area contributed by atoms with E-state index in [0.29, 0.717) is 18.0 Å². The minimum atomic E-state index is -0.219. The van der Waals surface area contributed by atoms with Crippen LogP contribution >= 0.6 is 27.3 Å². The van der Waals surface area contributed by atoms with Gasteiger partial charge in [-0.3, -0.25) is 9.48 Å². The lowest BCUT2D eigenvalue weighted by molar-refractivity contribution is -0.116. The fraction of sp³-hybridized carbons (Fsp3) is 0.167. The van der Waals surface area contributed by atoms with Crippen molar-refractivity contribution < 1.29 is 4.79 Å². The van der Waals surface area contributed by atoms with E-state index in [1.165, 1.54) is 5.56 Å². The van der Waals surface area contributed by atoms with Crippen LogP contribution in [-0.2, 0) is 17.9 Å². The van der Waals surface area contributed by atoms with Crippen LogP contribution in [0.1, 0.15) is 16.8 Å². The summed E-state index contributed by atoms with van der Waals surface area (Å²) < 4.78 is 4.17. The van der Waals surface area contributed by atoms with Gasteiger partial charge in [0.15, 0.2) is 11.5 Å². The highest BCUT2D eigenvalue weighted by Gasteiger charge is 2.17. The highest BCUT2D eigenvalue weighted by molar-refractivity contribution is 9.10. The average molecular weight is 521 g/mol. The number of carbonyl (C=O) groups excluding carboxylic acids is 1. The Bertz CT molecular complexity index is 1440. The number of amides is 1. The number of pyridine rings is 1. The third-order valence-corrected chi connectivity index (χ3v) is 6.81. The van der Waals surface area contributed by atoms with Crippen molar-refractivity contribution in [1.82, 2.24) is 24.5 Å². The lowest BCUT2D eigenvalue weighted by Crippen LogP contribution is -2.20. The summed E-state index contributed by atoms with van der Waals surface area (Å²) in [5.74, 6) is 0.261. The summed E-state index contributed by atoms with van der Waals surface area (Å²) in [6.45, 7) is 4.67. The van der Waals surface area contributed by atoms with Gasteiger partial charge in [0.1, 0.15) is 6.54 Å². The molecule has 0 aliphatic carbocycles. The Labute approximate surface area is 203 Å². The number of thiophene rings is 1. The summed E-state index contributed by atoms with van der Waals surface area (Å²) in [5, 5.41) is 15.0. The zero-order valence-electron chi connectivity index (χ0n) is 18.1. The first-order valence-corrected chi connectivity index (χ1v) is 12.1. The third kappa shape index (κ3) is 4.46.